The maximum atomic E-state index is 5.30. The highest BCUT2D eigenvalue weighted by Crippen LogP contribution is 2.24. The number of rotatable bonds is 1. The molecule has 0 atom stereocenters. The molecule has 0 aromatic heterocycles. The molecule has 1 aliphatic rings. The Hall–Kier alpha value is -1.55. The van der Waals surface area contributed by atoms with Crippen LogP contribution in [0.2, 0.25) is 0 Å². The van der Waals surface area contributed by atoms with Gasteiger partial charge in [-0.2, -0.15) is 0 Å². The molecule has 0 unspecified atom stereocenters. The van der Waals surface area contributed by atoms with Crippen molar-refractivity contribution in [3.63, 3.8) is 0 Å². The van der Waals surface area contributed by atoms with Crippen LogP contribution < -0.4 is 16.6 Å². The van der Waals surface area contributed by atoms with E-state index in [0.717, 1.165) is 5.69 Å². The first-order valence-corrected chi connectivity index (χ1v) is 5.15. The van der Waals surface area contributed by atoms with Crippen molar-refractivity contribution in [3.05, 3.63) is 29.3 Å². The van der Waals surface area contributed by atoms with Crippen LogP contribution in [0.15, 0.2) is 23.2 Å². The van der Waals surface area contributed by atoms with Crippen molar-refractivity contribution in [1.82, 2.24) is 5.43 Å². The molecule has 0 amide bonds. The Morgan fingerprint density at radius 1 is 1.33 bits per heavy atom. The van der Waals surface area contributed by atoms with E-state index in [1.807, 2.05) is 0 Å². The van der Waals surface area contributed by atoms with Crippen LogP contribution in [0.5, 0.6) is 0 Å². The Kier molecular flexibility index (Phi) is 2.87. The lowest BCUT2D eigenvalue weighted by atomic mass is 10.1. The van der Waals surface area contributed by atoms with Gasteiger partial charge in [0.2, 0.25) is 5.96 Å². The summed E-state index contributed by atoms with van der Waals surface area (Å²) in [5, 5.41) is 3.12. The van der Waals surface area contributed by atoms with Gasteiger partial charge in [-0.15, -0.1) is 0 Å². The van der Waals surface area contributed by atoms with E-state index in [2.05, 4.69) is 33.9 Å². The fraction of sp³-hybridized carbons (Fsp3) is 0.364. The van der Waals surface area contributed by atoms with Gasteiger partial charge in [0.15, 0.2) is 0 Å². The summed E-state index contributed by atoms with van der Waals surface area (Å²) >= 11 is 0. The van der Waals surface area contributed by atoms with Gasteiger partial charge in [0.1, 0.15) is 0 Å². The van der Waals surface area contributed by atoms with Gasteiger partial charge in [0.05, 0.1) is 0 Å². The molecule has 0 spiro atoms. The molecule has 1 aromatic rings. The number of hydrazine groups is 1. The van der Waals surface area contributed by atoms with Gasteiger partial charge in [-0.05, 0) is 42.5 Å². The molecule has 0 saturated heterocycles. The second-order valence-electron chi connectivity index (χ2n) is 3.68. The minimum atomic E-state index is 0.577. The topological polar surface area (TPSA) is 62.4 Å². The van der Waals surface area contributed by atoms with Crippen molar-refractivity contribution in [3.8, 4) is 0 Å². The SMILES string of the molecule is CN=C(NN)Nc1ccc2c(c1)CCC2. The van der Waals surface area contributed by atoms with Crippen LogP contribution in [0.1, 0.15) is 17.5 Å². The fourth-order valence-electron chi connectivity index (χ4n) is 1.94. The Labute approximate surface area is 89.6 Å². The first-order valence-electron chi connectivity index (χ1n) is 5.15. The number of nitrogens with zero attached hydrogens (tertiary/aromatic N) is 1. The van der Waals surface area contributed by atoms with Crippen LogP contribution in [0, 0.1) is 0 Å². The smallest absolute Gasteiger partial charge is 0.209 e. The standard InChI is InChI=1S/C11H16N4/c1-13-11(15-12)14-10-6-5-8-3-2-4-9(8)7-10/h5-7H,2-4,12H2,1H3,(H2,13,14,15). The van der Waals surface area contributed by atoms with Crippen molar-refractivity contribution < 1.29 is 0 Å². The molecule has 1 aliphatic carbocycles. The second kappa shape index (κ2) is 4.31. The third-order valence-corrected chi connectivity index (χ3v) is 2.72. The second-order valence-corrected chi connectivity index (χ2v) is 3.68. The molecular formula is C11H16N4. The maximum Gasteiger partial charge on any atom is 0.209 e. The summed E-state index contributed by atoms with van der Waals surface area (Å²) in [6.45, 7) is 0. The highest BCUT2D eigenvalue weighted by molar-refractivity contribution is 5.93. The van der Waals surface area contributed by atoms with E-state index in [0.29, 0.717) is 5.96 Å². The summed E-state index contributed by atoms with van der Waals surface area (Å²) in [7, 11) is 1.69. The summed E-state index contributed by atoms with van der Waals surface area (Å²) < 4.78 is 0. The molecular weight excluding hydrogens is 188 g/mol. The number of guanidine groups is 1. The molecule has 4 heteroatoms. The van der Waals surface area contributed by atoms with E-state index in [9.17, 15) is 0 Å². The van der Waals surface area contributed by atoms with Crippen LogP contribution in [0.3, 0.4) is 0 Å². The number of aryl methyl sites for hydroxylation is 2. The van der Waals surface area contributed by atoms with E-state index < -0.39 is 0 Å². The first-order chi connectivity index (χ1) is 7.33. The lowest BCUT2D eigenvalue weighted by molar-refractivity contribution is 0.912. The monoisotopic (exact) mass is 204 g/mol. The van der Waals surface area contributed by atoms with E-state index in [4.69, 9.17) is 5.84 Å². The van der Waals surface area contributed by atoms with Crippen LogP contribution in [-0.2, 0) is 12.8 Å². The van der Waals surface area contributed by atoms with Crippen LogP contribution >= 0.6 is 0 Å². The molecule has 2 rings (SSSR count). The molecule has 0 radical (unpaired) electrons. The molecule has 0 aliphatic heterocycles. The van der Waals surface area contributed by atoms with Crippen LogP contribution in [0.4, 0.5) is 5.69 Å². The van der Waals surface area contributed by atoms with Gasteiger partial charge in [-0.1, -0.05) is 6.07 Å². The largest absolute Gasteiger partial charge is 0.325 e. The molecule has 80 valence electrons. The lowest BCUT2D eigenvalue weighted by Crippen LogP contribution is -2.36. The zero-order valence-electron chi connectivity index (χ0n) is 8.88. The zero-order valence-corrected chi connectivity index (χ0v) is 8.88. The zero-order chi connectivity index (χ0) is 10.7. The summed E-state index contributed by atoms with van der Waals surface area (Å²) in [5.41, 5.74) is 6.45. The molecule has 0 fully saturated rings. The van der Waals surface area contributed by atoms with Crippen molar-refractivity contribution in [1.29, 1.82) is 0 Å². The predicted octanol–water partition coefficient (Wildman–Crippen LogP) is 1.04. The van der Waals surface area contributed by atoms with Gasteiger partial charge in [-0.3, -0.25) is 10.4 Å². The third kappa shape index (κ3) is 2.10. The average molecular weight is 204 g/mol. The quantitative estimate of drug-likeness (QED) is 0.277. The van der Waals surface area contributed by atoms with E-state index in [1.54, 1.807) is 7.05 Å². The number of hydrogen-bond acceptors (Lipinski definition) is 2. The molecule has 4 N–H and O–H groups in total. The van der Waals surface area contributed by atoms with Gasteiger partial charge in [-0.25, -0.2) is 5.84 Å². The Morgan fingerprint density at radius 3 is 2.87 bits per heavy atom. The Bertz CT molecular complexity index is 384. The number of anilines is 1. The molecule has 0 heterocycles. The number of fused-ring (bicyclic) bond motifs is 1. The van der Waals surface area contributed by atoms with Crippen molar-refractivity contribution in [2.24, 2.45) is 10.8 Å². The molecule has 15 heavy (non-hydrogen) atoms. The van der Waals surface area contributed by atoms with Gasteiger partial charge in [0.25, 0.3) is 0 Å². The van der Waals surface area contributed by atoms with Crippen LogP contribution in [-0.4, -0.2) is 13.0 Å². The summed E-state index contributed by atoms with van der Waals surface area (Å²) in [4.78, 5) is 3.96. The maximum absolute atomic E-state index is 5.30. The Balaban J connectivity index is 2.16. The van der Waals surface area contributed by atoms with Gasteiger partial charge >= 0.3 is 0 Å². The highest BCUT2D eigenvalue weighted by Gasteiger charge is 2.10. The number of hydrogen-bond donors (Lipinski definition) is 3. The van der Waals surface area contributed by atoms with E-state index in [1.165, 1.54) is 30.4 Å². The Morgan fingerprint density at radius 2 is 2.13 bits per heavy atom. The summed E-state index contributed by atoms with van der Waals surface area (Å²) in [6.07, 6.45) is 3.65. The summed E-state index contributed by atoms with van der Waals surface area (Å²) in [5.74, 6) is 5.88. The predicted molar refractivity (Wildman–Crippen MR) is 62.8 cm³/mol. The third-order valence-electron chi connectivity index (χ3n) is 2.72. The normalized spacial score (nSPS) is 14.9. The lowest BCUT2D eigenvalue weighted by Gasteiger charge is -2.09. The molecule has 1 aromatic carbocycles. The van der Waals surface area contributed by atoms with Crippen LogP contribution in [0.25, 0.3) is 0 Å². The average Bonchev–Trinajstić information content (AvgIpc) is 2.73. The molecule has 4 nitrogen and oxygen atoms in total. The van der Waals surface area contributed by atoms with Crippen molar-refractivity contribution >= 4 is 11.6 Å². The van der Waals surface area contributed by atoms with E-state index >= 15 is 0 Å². The minimum Gasteiger partial charge on any atom is -0.325 e. The summed E-state index contributed by atoms with van der Waals surface area (Å²) in [6, 6.07) is 6.41. The highest BCUT2D eigenvalue weighted by atomic mass is 15.3. The van der Waals surface area contributed by atoms with Crippen molar-refractivity contribution in [2.75, 3.05) is 12.4 Å². The van der Waals surface area contributed by atoms with Gasteiger partial charge in [0, 0.05) is 12.7 Å². The number of aliphatic imine (C=N–C) groups is 1. The van der Waals surface area contributed by atoms with Crippen molar-refractivity contribution in [2.45, 2.75) is 19.3 Å². The fourth-order valence-corrected chi connectivity index (χ4v) is 1.94. The van der Waals surface area contributed by atoms with Gasteiger partial charge < -0.3 is 5.32 Å². The molecule has 0 bridgehead atoms. The minimum absolute atomic E-state index is 0.577. The van der Waals surface area contributed by atoms with E-state index in [-0.39, 0.29) is 0 Å². The molecule has 0 saturated carbocycles. The number of nitrogens with one attached hydrogen (secondary N) is 2. The number of nitrogens with two attached hydrogens (primary N) is 1. The first kappa shape index (κ1) is 9.98. The number of benzene rings is 1.